The van der Waals surface area contributed by atoms with E-state index in [0.29, 0.717) is 29.5 Å². The lowest BCUT2D eigenvalue weighted by molar-refractivity contribution is -0.142. The highest BCUT2D eigenvalue weighted by Gasteiger charge is 2.17. The Labute approximate surface area is 201 Å². The number of rotatable bonds is 10. The van der Waals surface area contributed by atoms with Crippen molar-refractivity contribution in [2.75, 3.05) is 17.2 Å². The van der Waals surface area contributed by atoms with E-state index in [0.717, 1.165) is 10.5 Å². The lowest BCUT2D eigenvalue weighted by atomic mass is 10.1. The largest absolute Gasteiger partial charge is 0.466 e. The van der Waals surface area contributed by atoms with Crippen LogP contribution in [0.4, 0.5) is 10.8 Å². The number of aromatic nitrogens is 1. The molecule has 0 aliphatic heterocycles. The van der Waals surface area contributed by atoms with Crippen LogP contribution in [-0.4, -0.2) is 34.6 Å². The quantitative estimate of drug-likeness (QED) is 0.324. The van der Waals surface area contributed by atoms with Crippen LogP contribution in [0.15, 0.2) is 64.9 Å². The van der Waals surface area contributed by atoms with Crippen molar-refractivity contribution in [3.05, 3.63) is 71.2 Å². The van der Waals surface area contributed by atoms with Gasteiger partial charge in [-0.2, -0.15) is 0 Å². The second kappa shape index (κ2) is 12.2. The van der Waals surface area contributed by atoms with E-state index in [2.05, 4.69) is 15.6 Å². The topological polar surface area (TPSA) is 97.4 Å². The molecule has 1 aromatic heterocycles. The number of carbonyl (C=O) groups is 3. The highest BCUT2D eigenvalue weighted by Crippen LogP contribution is 2.27. The smallest absolute Gasteiger partial charge is 0.311 e. The van der Waals surface area contributed by atoms with E-state index in [9.17, 15) is 14.4 Å². The first-order chi connectivity index (χ1) is 15.9. The first-order valence-corrected chi connectivity index (χ1v) is 12.2. The van der Waals surface area contributed by atoms with Gasteiger partial charge in [0, 0.05) is 16.0 Å². The van der Waals surface area contributed by atoms with Gasteiger partial charge < -0.3 is 15.4 Å². The molecule has 33 heavy (non-hydrogen) atoms. The molecule has 0 aliphatic rings. The predicted octanol–water partition coefficient (Wildman–Crippen LogP) is 4.55. The van der Waals surface area contributed by atoms with E-state index in [4.69, 9.17) is 4.74 Å². The molecular formula is C24H25N3O4S2. The number of amides is 2. The van der Waals surface area contributed by atoms with E-state index < -0.39 is 5.25 Å². The number of hydrogen-bond donors (Lipinski definition) is 2. The summed E-state index contributed by atoms with van der Waals surface area (Å²) >= 11 is 2.64. The summed E-state index contributed by atoms with van der Waals surface area (Å²) < 4.78 is 4.91. The van der Waals surface area contributed by atoms with Gasteiger partial charge in [-0.05, 0) is 37.6 Å². The molecule has 0 aliphatic carbocycles. The summed E-state index contributed by atoms with van der Waals surface area (Å²) in [5.41, 5.74) is 2.18. The number of thiazole rings is 1. The Morgan fingerprint density at radius 2 is 1.85 bits per heavy atom. The number of ether oxygens (including phenoxy) is 1. The molecule has 7 nitrogen and oxygen atoms in total. The van der Waals surface area contributed by atoms with Gasteiger partial charge in [0.2, 0.25) is 11.8 Å². The lowest BCUT2D eigenvalue weighted by Crippen LogP contribution is -2.22. The molecule has 9 heteroatoms. The number of thioether (sulfide) groups is 1. The summed E-state index contributed by atoms with van der Waals surface area (Å²) in [4.78, 5) is 41.6. The minimum Gasteiger partial charge on any atom is -0.466 e. The zero-order chi connectivity index (χ0) is 23.6. The Balaban J connectivity index is 1.52. The predicted molar refractivity (Wildman–Crippen MR) is 132 cm³/mol. The SMILES string of the molecule is CCOC(=O)Cc1csc(NC(=O)C(C)Sc2cccc(NC(=O)Cc3ccccc3)c2)n1. The Morgan fingerprint density at radius 3 is 2.61 bits per heavy atom. The highest BCUT2D eigenvalue weighted by atomic mass is 32.2. The Morgan fingerprint density at radius 1 is 1.06 bits per heavy atom. The Hall–Kier alpha value is -3.17. The minimum atomic E-state index is -0.391. The summed E-state index contributed by atoms with van der Waals surface area (Å²) in [6.07, 6.45) is 0.371. The van der Waals surface area contributed by atoms with Crippen molar-refractivity contribution in [2.45, 2.75) is 36.8 Å². The van der Waals surface area contributed by atoms with Gasteiger partial charge in [-0.25, -0.2) is 4.98 Å². The average molecular weight is 484 g/mol. The van der Waals surface area contributed by atoms with Gasteiger partial charge >= 0.3 is 5.97 Å². The van der Waals surface area contributed by atoms with Crippen molar-refractivity contribution in [1.82, 2.24) is 4.98 Å². The molecule has 0 radical (unpaired) electrons. The first-order valence-electron chi connectivity index (χ1n) is 10.4. The van der Waals surface area contributed by atoms with Crippen LogP contribution in [0, 0.1) is 0 Å². The van der Waals surface area contributed by atoms with Gasteiger partial charge in [0.15, 0.2) is 5.13 Å². The molecular weight excluding hydrogens is 458 g/mol. The molecule has 172 valence electrons. The van der Waals surface area contributed by atoms with Crippen LogP contribution in [0.25, 0.3) is 0 Å². The lowest BCUT2D eigenvalue weighted by Gasteiger charge is -2.12. The van der Waals surface area contributed by atoms with E-state index in [1.807, 2.05) is 54.6 Å². The fourth-order valence-corrected chi connectivity index (χ4v) is 4.54. The molecule has 2 N–H and O–H groups in total. The van der Waals surface area contributed by atoms with Gasteiger partial charge in [-0.3, -0.25) is 14.4 Å². The maximum absolute atomic E-state index is 12.6. The molecule has 3 rings (SSSR count). The number of esters is 1. The summed E-state index contributed by atoms with van der Waals surface area (Å²) in [5, 5.41) is 7.46. The van der Waals surface area contributed by atoms with Crippen molar-refractivity contribution in [1.29, 1.82) is 0 Å². The summed E-state index contributed by atoms with van der Waals surface area (Å²) in [5.74, 6) is -0.646. The highest BCUT2D eigenvalue weighted by molar-refractivity contribution is 8.00. The molecule has 2 aromatic carbocycles. The molecule has 1 heterocycles. The van der Waals surface area contributed by atoms with Gasteiger partial charge in [0.25, 0.3) is 0 Å². The number of benzene rings is 2. The molecule has 0 fully saturated rings. The molecule has 0 saturated carbocycles. The van der Waals surface area contributed by atoms with Crippen molar-refractivity contribution in [3.63, 3.8) is 0 Å². The second-order valence-electron chi connectivity index (χ2n) is 7.11. The molecule has 0 bridgehead atoms. The molecule has 0 saturated heterocycles. The van der Waals surface area contributed by atoms with Crippen molar-refractivity contribution in [3.8, 4) is 0 Å². The number of nitrogens with zero attached hydrogens (tertiary/aromatic N) is 1. The number of nitrogens with one attached hydrogen (secondary N) is 2. The van der Waals surface area contributed by atoms with Crippen molar-refractivity contribution in [2.24, 2.45) is 0 Å². The van der Waals surface area contributed by atoms with E-state index >= 15 is 0 Å². The fraction of sp³-hybridized carbons (Fsp3) is 0.250. The van der Waals surface area contributed by atoms with Crippen molar-refractivity contribution < 1.29 is 19.1 Å². The third-order valence-electron chi connectivity index (χ3n) is 4.42. The van der Waals surface area contributed by atoms with Crippen LogP contribution in [0.2, 0.25) is 0 Å². The summed E-state index contributed by atoms with van der Waals surface area (Å²) in [6, 6.07) is 16.9. The monoisotopic (exact) mass is 483 g/mol. The zero-order valence-electron chi connectivity index (χ0n) is 18.4. The zero-order valence-corrected chi connectivity index (χ0v) is 20.0. The van der Waals surface area contributed by atoms with E-state index in [1.165, 1.54) is 23.1 Å². The molecule has 1 atom stereocenters. The fourth-order valence-electron chi connectivity index (χ4n) is 2.90. The van der Waals surface area contributed by atoms with Crippen LogP contribution < -0.4 is 10.6 Å². The van der Waals surface area contributed by atoms with Gasteiger partial charge in [-0.1, -0.05) is 36.4 Å². The third kappa shape index (κ3) is 8.03. The maximum atomic E-state index is 12.6. The van der Waals surface area contributed by atoms with Crippen LogP contribution >= 0.6 is 23.1 Å². The van der Waals surface area contributed by atoms with Gasteiger partial charge in [-0.15, -0.1) is 23.1 Å². The molecule has 0 spiro atoms. The van der Waals surface area contributed by atoms with Gasteiger partial charge in [0.05, 0.1) is 30.4 Å². The summed E-state index contributed by atoms with van der Waals surface area (Å²) in [6.45, 7) is 3.87. The number of hydrogen-bond acceptors (Lipinski definition) is 7. The Bertz CT molecular complexity index is 1100. The van der Waals surface area contributed by atoms with E-state index in [1.54, 1.807) is 19.2 Å². The molecule has 1 unspecified atom stereocenters. The van der Waals surface area contributed by atoms with Crippen molar-refractivity contribution >= 4 is 51.7 Å². The van der Waals surface area contributed by atoms with Gasteiger partial charge in [0.1, 0.15) is 0 Å². The standard InChI is InChI=1S/C24H25N3O4S2/c1-3-31-22(29)14-19-15-32-24(26-19)27-23(30)16(2)33-20-11-7-10-18(13-20)25-21(28)12-17-8-5-4-6-9-17/h4-11,13,15-16H,3,12,14H2,1-2H3,(H,25,28)(H,26,27,30). The van der Waals surface area contributed by atoms with Crippen LogP contribution in [0.3, 0.4) is 0 Å². The molecule has 3 aromatic rings. The molecule has 2 amide bonds. The average Bonchev–Trinajstić information content (AvgIpc) is 3.21. The number of carbonyl (C=O) groups excluding carboxylic acids is 3. The number of anilines is 2. The minimum absolute atomic E-state index is 0.0767. The normalized spacial score (nSPS) is 11.5. The first kappa shape index (κ1) is 24.5. The summed E-state index contributed by atoms with van der Waals surface area (Å²) in [7, 11) is 0. The van der Waals surface area contributed by atoms with Crippen LogP contribution in [0.1, 0.15) is 25.1 Å². The second-order valence-corrected chi connectivity index (χ2v) is 9.39. The Kier molecular flexibility index (Phi) is 9.03. The maximum Gasteiger partial charge on any atom is 0.311 e. The van der Waals surface area contributed by atoms with Crippen LogP contribution in [0.5, 0.6) is 0 Å². The van der Waals surface area contributed by atoms with E-state index in [-0.39, 0.29) is 24.2 Å². The third-order valence-corrected chi connectivity index (χ3v) is 6.32. The van der Waals surface area contributed by atoms with Crippen LogP contribution in [-0.2, 0) is 32.0 Å².